The van der Waals surface area contributed by atoms with Crippen LogP contribution in [0.3, 0.4) is 0 Å². The number of benzene rings is 1. The summed E-state index contributed by atoms with van der Waals surface area (Å²) in [5.74, 6) is -0.386. The first-order valence-electron chi connectivity index (χ1n) is 6.54. The molecule has 1 aromatic rings. The van der Waals surface area contributed by atoms with Crippen molar-refractivity contribution in [1.29, 1.82) is 0 Å². The van der Waals surface area contributed by atoms with E-state index in [9.17, 15) is 15.0 Å². The fourth-order valence-corrected chi connectivity index (χ4v) is 2.22. The van der Waals surface area contributed by atoms with Crippen molar-refractivity contribution in [2.45, 2.75) is 19.1 Å². The number of nitrogens with zero attached hydrogens (tertiary/aromatic N) is 2. The molecule has 2 atom stereocenters. The summed E-state index contributed by atoms with van der Waals surface area (Å²) < 4.78 is 0. The summed E-state index contributed by atoms with van der Waals surface area (Å²) in [6.45, 7) is 4.03. The number of carbonyl (C=O) groups is 1. The van der Waals surface area contributed by atoms with E-state index in [-0.39, 0.29) is 5.91 Å². The van der Waals surface area contributed by atoms with Crippen LogP contribution in [0.4, 0.5) is 5.69 Å². The average molecular weight is 264 g/mol. The number of piperazine rings is 1. The maximum Gasteiger partial charge on any atom is 0.254 e. The molecule has 1 aliphatic rings. The zero-order chi connectivity index (χ0) is 13.8. The lowest BCUT2D eigenvalue weighted by molar-refractivity contribution is -0.145. The Morgan fingerprint density at radius 3 is 2.21 bits per heavy atom. The molecule has 2 N–H and O–H groups in total. The Bertz CT molecular complexity index is 414. The maximum atomic E-state index is 11.9. The van der Waals surface area contributed by atoms with Gasteiger partial charge in [0.1, 0.15) is 0 Å². The number of para-hydroxylation sites is 1. The third-order valence-corrected chi connectivity index (χ3v) is 3.42. The first-order valence-corrected chi connectivity index (χ1v) is 6.54. The van der Waals surface area contributed by atoms with Gasteiger partial charge >= 0.3 is 0 Å². The van der Waals surface area contributed by atoms with Crippen LogP contribution in [0.25, 0.3) is 0 Å². The molecule has 0 spiro atoms. The largest absolute Gasteiger partial charge is 0.390 e. The van der Waals surface area contributed by atoms with Crippen LogP contribution in [-0.4, -0.2) is 59.4 Å². The Morgan fingerprint density at radius 2 is 1.68 bits per heavy atom. The highest BCUT2D eigenvalue weighted by Gasteiger charge is 2.28. The van der Waals surface area contributed by atoms with Gasteiger partial charge < -0.3 is 20.0 Å². The molecule has 1 fully saturated rings. The van der Waals surface area contributed by atoms with E-state index < -0.39 is 12.2 Å². The highest BCUT2D eigenvalue weighted by atomic mass is 16.3. The number of amides is 1. The van der Waals surface area contributed by atoms with E-state index in [1.54, 1.807) is 4.90 Å². The van der Waals surface area contributed by atoms with Crippen LogP contribution in [0.15, 0.2) is 30.3 Å². The first kappa shape index (κ1) is 13.8. The number of anilines is 1. The molecule has 1 amide bonds. The average Bonchev–Trinajstić information content (AvgIpc) is 2.46. The van der Waals surface area contributed by atoms with Crippen molar-refractivity contribution >= 4 is 11.6 Å². The molecule has 0 radical (unpaired) electrons. The summed E-state index contributed by atoms with van der Waals surface area (Å²) in [6.07, 6.45) is -2.34. The lowest BCUT2D eigenvalue weighted by Crippen LogP contribution is -2.53. The molecule has 2 rings (SSSR count). The van der Waals surface area contributed by atoms with Crippen LogP contribution < -0.4 is 4.90 Å². The molecular weight excluding hydrogens is 244 g/mol. The van der Waals surface area contributed by atoms with Crippen LogP contribution in [-0.2, 0) is 4.79 Å². The molecule has 0 saturated carbocycles. The van der Waals surface area contributed by atoms with Gasteiger partial charge in [-0.1, -0.05) is 18.2 Å². The topological polar surface area (TPSA) is 64.0 Å². The van der Waals surface area contributed by atoms with Crippen LogP contribution in [0, 0.1) is 0 Å². The zero-order valence-corrected chi connectivity index (χ0v) is 11.1. The van der Waals surface area contributed by atoms with Crippen molar-refractivity contribution in [2.75, 3.05) is 31.1 Å². The summed E-state index contributed by atoms with van der Waals surface area (Å²) in [7, 11) is 0. The van der Waals surface area contributed by atoms with E-state index >= 15 is 0 Å². The highest BCUT2D eigenvalue weighted by molar-refractivity contribution is 5.81. The van der Waals surface area contributed by atoms with Crippen LogP contribution in [0.1, 0.15) is 6.92 Å². The lowest BCUT2D eigenvalue weighted by atomic mass is 10.1. The molecule has 5 heteroatoms. The summed E-state index contributed by atoms with van der Waals surface area (Å²) in [4.78, 5) is 15.7. The van der Waals surface area contributed by atoms with Gasteiger partial charge in [-0.3, -0.25) is 4.79 Å². The smallest absolute Gasteiger partial charge is 0.254 e. The van der Waals surface area contributed by atoms with Gasteiger partial charge in [0.05, 0.1) is 6.10 Å². The third-order valence-electron chi connectivity index (χ3n) is 3.42. The van der Waals surface area contributed by atoms with Gasteiger partial charge in [0.25, 0.3) is 5.91 Å². The molecule has 1 heterocycles. The molecule has 2 unspecified atom stereocenters. The second kappa shape index (κ2) is 6.04. The molecule has 5 nitrogen and oxygen atoms in total. The Morgan fingerprint density at radius 1 is 1.11 bits per heavy atom. The molecule has 0 aromatic heterocycles. The Kier molecular flexibility index (Phi) is 4.39. The Labute approximate surface area is 113 Å². The second-order valence-electron chi connectivity index (χ2n) is 4.83. The number of rotatable bonds is 3. The Balaban J connectivity index is 1.91. The van der Waals surface area contributed by atoms with E-state index in [1.165, 1.54) is 6.92 Å². The third kappa shape index (κ3) is 3.24. The standard InChI is InChI=1S/C14H20N2O3/c1-11(17)13(18)14(19)16-9-7-15(8-10-16)12-5-3-2-4-6-12/h2-6,11,13,17-18H,7-10H2,1H3. The molecule has 1 aromatic carbocycles. The van der Waals surface area contributed by atoms with Crippen molar-refractivity contribution in [3.05, 3.63) is 30.3 Å². The SMILES string of the molecule is CC(O)C(O)C(=O)N1CCN(c2ccccc2)CC1. The predicted octanol–water partition coefficient (Wildman–Crippen LogP) is 0.0769. The van der Waals surface area contributed by atoms with Gasteiger partial charge in [-0.05, 0) is 19.1 Å². The summed E-state index contributed by atoms with van der Waals surface area (Å²) in [5, 5.41) is 18.8. The lowest BCUT2D eigenvalue weighted by Gasteiger charge is -2.37. The summed E-state index contributed by atoms with van der Waals surface area (Å²) >= 11 is 0. The number of aliphatic hydroxyl groups is 2. The van der Waals surface area contributed by atoms with Crippen LogP contribution >= 0.6 is 0 Å². The minimum atomic E-state index is -1.32. The second-order valence-corrected chi connectivity index (χ2v) is 4.83. The highest BCUT2D eigenvalue weighted by Crippen LogP contribution is 2.16. The van der Waals surface area contributed by atoms with E-state index in [4.69, 9.17) is 0 Å². The molecule has 1 saturated heterocycles. The van der Waals surface area contributed by atoms with Gasteiger partial charge in [-0.25, -0.2) is 0 Å². The summed E-state index contributed by atoms with van der Waals surface area (Å²) in [6, 6.07) is 10.0. The van der Waals surface area contributed by atoms with E-state index in [0.717, 1.165) is 18.8 Å². The molecule has 1 aliphatic heterocycles. The fourth-order valence-electron chi connectivity index (χ4n) is 2.22. The number of hydrogen-bond donors (Lipinski definition) is 2. The van der Waals surface area contributed by atoms with Gasteiger partial charge in [0.2, 0.25) is 0 Å². The fraction of sp³-hybridized carbons (Fsp3) is 0.500. The quantitative estimate of drug-likeness (QED) is 0.811. The van der Waals surface area contributed by atoms with Crippen LogP contribution in [0.2, 0.25) is 0 Å². The van der Waals surface area contributed by atoms with Crippen molar-refractivity contribution in [2.24, 2.45) is 0 Å². The minimum Gasteiger partial charge on any atom is -0.390 e. The van der Waals surface area contributed by atoms with Crippen molar-refractivity contribution in [1.82, 2.24) is 4.90 Å². The van der Waals surface area contributed by atoms with Crippen molar-refractivity contribution < 1.29 is 15.0 Å². The molecular formula is C14H20N2O3. The zero-order valence-electron chi connectivity index (χ0n) is 11.1. The van der Waals surface area contributed by atoms with Crippen molar-refractivity contribution in [3.63, 3.8) is 0 Å². The molecule has 0 aliphatic carbocycles. The Hall–Kier alpha value is -1.59. The number of hydrogen-bond acceptors (Lipinski definition) is 4. The van der Waals surface area contributed by atoms with Gasteiger partial charge in [-0.2, -0.15) is 0 Å². The minimum absolute atomic E-state index is 0.386. The first-order chi connectivity index (χ1) is 9.09. The summed E-state index contributed by atoms with van der Waals surface area (Å²) in [5.41, 5.74) is 1.14. The van der Waals surface area contributed by atoms with E-state index in [0.29, 0.717) is 13.1 Å². The normalized spacial score (nSPS) is 19.1. The van der Waals surface area contributed by atoms with Crippen molar-refractivity contribution in [3.8, 4) is 0 Å². The maximum absolute atomic E-state index is 11.9. The number of carbonyl (C=O) groups excluding carboxylic acids is 1. The van der Waals surface area contributed by atoms with Gasteiger partial charge in [0, 0.05) is 31.9 Å². The molecule has 19 heavy (non-hydrogen) atoms. The molecule has 0 bridgehead atoms. The number of aliphatic hydroxyl groups excluding tert-OH is 2. The van der Waals surface area contributed by atoms with Gasteiger partial charge in [-0.15, -0.1) is 0 Å². The monoisotopic (exact) mass is 264 g/mol. The molecule has 104 valence electrons. The van der Waals surface area contributed by atoms with Crippen LogP contribution in [0.5, 0.6) is 0 Å². The van der Waals surface area contributed by atoms with E-state index in [2.05, 4.69) is 4.90 Å². The van der Waals surface area contributed by atoms with Gasteiger partial charge in [0.15, 0.2) is 6.10 Å². The predicted molar refractivity (Wildman–Crippen MR) is 72.9 cm³/mol. The van der Waals surface area contributed by atoms with E-state index in [1.807, 2.05) is 30.3 Å².